The zero-order valence-corrected chi connectivity index (χ0v) is 14.2. The standard InChI is InChI=1S/C16H25BrN2O/c1-12(2)6-4-7-13(3)18-11-16(20)19-15-9-5-8-14(17)10-15/h5,8-10,12-13,18H,4,6-7,11H2,1-3H3,(H,19,20). The summed E-state index contributed by atoms with van der Waals surface area (Å²) in [4.78, 5) is 11.8. The fourth-order valence-corrected chi connectivity index (χ4v) is 2.37. The summed E-state index contributed by atoms with van der Waals surface area (Å²) in [5.41, 5.74) is 0.818. The van der Waals surface area contributed by atoms with E-state index < -0.39 is 0 Å². The normalized spacial score (nSPS) is 12.4. The molecule has 0 aliphatic rings. The van der Waals surface area contributed by atoms with E-state index in [0.29, 0.717) is 12.6 Å². The van der Waals surface area contributed by atoms with Crippen LogP contribution in [0.3, 0.4) is 0 Å². The minimum atomic E-state index is -0.00110. The highest BCUT2D eigenvalue weighted by atomic mass is 79.9. The van der Waals surface area contributed by atoms with E-state index in [2.05, 4.69) is 47.3 Å². The van der Waals surface area contributed by atoms with Gasteiger partial charge in [-0.1, -0.05) is 48.7 Å². The molecule has 1 aromatic rings. The summed E-state index contributed by atoms with van der Waals surface area (Å²) in [6, 6.07) is 7.99. The fourth-order valence-electron chi connectivity index (χ4n) is 1.97. The third-order valence-corrected chi connectivity index (χ3v) is 3.63. The van der Waals surface area contributed by atoms with Gasteiger partial charge in [-0.15, -0.1) is 0 Å². The molecule has 0 radical (unpaired) electrons. The van der Waals surface area contributed by atoms with Crippen LogP contribution in [0.5, 0.6) is 0 Å². The predicted molar refractivity (Wildman–Crippen MR) is 88.9 cm³/mol. The first kappa shape index (κ1) is 17.2. The zero-order chi connectivity index (χ0) is 15.0. The van der Waals surface area contributed by atoms with Crippen molar-refractivity contribution in [2.24, 2.45) is 5.92 Å². The summed E-state index contributed by atoms with van der Waals surface area (Å²) in [5, 5.41) is 6.15. The highest BCUT2D eigenvalue weighted by Gasteiger charge is 2.06. The number of amides is 1. The largest absolute Gasteiger partial charge is 0.325 e. The second kappa shape index (κ2) is 9.14. The first-order chi connectivity index (χ1) is 9.47. The predicted octanol–water partition coefficient (Wildman–Crippen LogP) is 4.19. The van der Waals surface area contributed by atoms with Gasteiger partial charge in [-0.05, 0) is 37.5 Å². The van der Waals surface area contributed by atoms with Gasteiger partial charge in [0.1, 0.15) is 0 Å². The van der Waals surface area contributed by atoms with E-state index in [9.17, 15) is 4.79 Å². The van der Waals surface area contributed by atoms with Crippen molar-refractivity contribution in [3.05, 3.63) is 28.7 Å². The zero-order valence-electron chi connectivity index (χ0n) is 12.6. The van der Waals surface area contributed by atoms with Crippen LogP contribution in [0.4, 0.5) is 5.69 Å². The van der Waals surface area contributed by atoms with Crippen LogP contribution < -0.4 is 10.6 Å². The maximum absolute atomic E-state index is 11.8. The summed E-state index contributed by atoms with van der Waals surface area (Å²) in [5.74, 6) is 0.751. The number of hydrogen-bond acceptors (Lipinski definition) is 2. The lowest BCUT2D eigenvalue weighted by Gasteiger charge is -2.14. The molecule has 0 aliphatic carbocycles. The van der Waals surface area contributed by atoms with E-state index in [1.807, 2.05) is 24.3 Å². The maximum atomic E-state index is 11.8. The molecule has 3 nitrogen and oxygen atoms in total. The Labute approximate surface area is 130 Å². The Hall–Kier alpha value is -0.870. The molecule has 1 rings (SSSR count). The molecule has 0 bridgehead atoms. The van der Waals surface area contributed by atoms with Crippen molar-refractivity contribution in [3.8, 4) is 0 Å². The molecule has 2 N–H and O–H groups in total. The van der Waals surface area contributed by atoms with Gasteiger partial charge in [-0.25, -0.2) is 0 Å². The second-order valence-electron chi connectivity index (χ2n) is 5.67. The van der Waals surface area contributed by atoms with Crippen LogP contribution in [0.2, 0.25) is 0 Å². The maximum Gasteiger partial charge on any atom is 0.238 e. The van der Waals surface area contributed by atoms with Crippen molar-refractivity contribution >= 4 is 27.5 Å². The van der Waals surface area contributed by atoms with Gasteiger partial charge in [-0.2, -0.15) is 0 Å². The van der Waals surface area contributed by atoms with E-state index in [1.165, 1.54) is 12.8 Å². The third-order valence-electron chi connectivity index (χ3n) is 3.14. The number of carbonyl (C=O) groups is 1. The van der Waals surface area contributed by atoms with E-state index in [0.717, 1.165) is 22.5 Å². The van der Waals surface area contributed by atoms with Crippen LogP contribution in [0.1, 0.15) is 40.0 Å². The van der Waals surface area contributed by atoms with Gasteiger partial charge >= 0.3 is 0 Å². The lowest BCUT2D eigenvalue weighted by Crippen LogP contribution is -2.34. The molecule has 0 fully saturated rings. The number of rotatable bonds is 8. The van der Waals surface area contributed by atoms with Crippen LogP contribution in [0.15, 0.2) is 28.7 Å². The summed E-state index contributed by atoms with van der Waals surface area (Å²) in [6.45, 7) is 6.97. The Morgan fingerprint density at radius 3 is 2.65 bits per heavy atom. The van der Waals surface area contributed by atoms with E-state index in [-0.39, 0.29) is 5.91 Å². The molecule has 1 amide bonds. The number of benzene rings is 1. The van der Waals surface area contributed by atoms with E-state index in [4.69, 9.17) is 0 Å². The smallest absolute Gasteiger partial charge is 0.238 e. The number of anilines is 1. The molecule has 4 heteroatoms. The monoisotopic (exact) mass is 340 g/mol. The average Bonchev–Trinajstić information content (AvgIpc) is 2.36. The van der Waals surface area contributed by atoms with Crippen LogP contribution in [-0.4, -0.2) is 18.5 Å². The van der Waals surface area contributed by atoms with Crippen LogP contribution in [0, 0.1) is 5.92 Å². The molecule has 112 valence electrons. The summed E-state index contributed by atoms with van der Waals surface area (Å²) in [7, 11) is 0. The summed E-state index contributed by atoms with van der Waals surface area (Å²) in [6.07, 6.45) is 3.57. The SMILES string of the molecule is CC(C)CCCC(C)NCC(=O)Nc1cccc(Br)c1. The Kier molecular flexibility index (Phi) is 7.85. The number of carbonyl (C=O) groups excluding carboxylic acids is 1. The molecule has 0 aromatic heterocycles. The Bertz CT molecular complexity index is 421. The minimum absolute atomic E-state index is 0.00110. The highest BCUT2D eigenvalue weighted by Crippen LogP contribution is 2.15. The first-order valence-electron chi connectivity index (χ1n) is 7.26. The molecule has 1 aromatic carbocycles. The lowest BCUT2D eigenvalue weighted by molar-refractivity contribution is -0.115. The Morgan fingerprint density at radius 2 is 2.00 bits per heavy atom. The number of hydrogen-bond donors (Lipinski definition) is 2. The van der Waals surface area contributed by atoms with Gasteiger partial charge < -0.3 is 10.6 Å². The third kappa shape index (κ3) is 7.65. The Morgan fingerprint density at radius 1 is 1.25 bits per heavy atom. The van der Waals surface area contributed by atoms with Gasteiger partial charge in [0, 0.05) is 16.2 Å². The second-order valence-corrected chi connectivity index (χ2v) is 6.58. The molecule has 0 saturated heterocycles. The fraction of sp³-hybridized carbons (Fsp3) is 0.562. The average molecular weight is 341 g/mol. The topological polar surface area (TPSA) is 41.1 Å². The minimum Gasteiger partial charge on any atom is -0.325 e. The molecule has 0 saturated carbocycles. The van der Waals surface area contributed by atoms with Crippen molar-refractivity contribution in [2.45, 2.75) is 46.1 Å². The highest BCUT2D eigenvalue weighted by molar-refractivity contribution is 9.10. The van der Waals surface area contributed by atoms with Gasteiger partial charge in [0.15, 0.2) is 0 Å². The van der Waals surface area contributed by atoms with Crippen molar-refractivity contribution in [1.29, 1.82) is 0 Å². The van der Waals surface area contributed by atoms with Gasteiger partial charge in [0.25, 0.3) is 0 Å². The van der Waals surface area contributed by atoms with E-state index in [1.54, 1.807) is 0 Å². The molecule has 0 heterocycles. The van der Waals surface area contributed by atoms with Gasteiger partial charge in [0.2, 0.25) is 5.91 Å². The molecule has 0 spiro atoms. The molecular formula is C16H25BrN2O. The molecule has 20 heavy (non-hydrogen) atoms. The van der Waals surface area contributed by atoms with Crippen LogP contribution in [0.25, 0.3) is 0 Å². The van der Waals surface area contributed by atoms with Crippen molar-refractivity contribution in [3.63, 3.8) is 0 Å². The summed E-state index contributed by atoms with van der Waals surface area (Å²) >= 11 is 3.39. The van der Waals surface area contributed by atoms with Crippen molar-refractivity contribution in [2.75, 3.05) is 11.9 Å². The van der Waals surface area contributed by atoms with Crippen molar-refractivity contribution < 1.29 is 4.79 Å². The van der Waals surface area contributed by atoms with Crippen LogP contribution >= 0.6 is 15.9 Å². The van der Waals surface area contributed by atoms with Gasteiger partial charge in [-0.3, -0.25) is 4.79 Å². The first-order valence-corrected chi connectivity index (χ1v) is 8.05. The lowest BCUT2D eigenvalue weighted by atomic mass is 10.0. The molecule has 0 aliphatic heterocycles. The number of nitrogens with one attached hydrogen (secondary N) is 2. The van der Waals surface area contributed by atoms with E-state index >= 15 is 0 Å². The summed E-state index contributed by atoms with van der Waals surface area (Å²) < 4.78 is 0.963. The van der Waals surface area contributed by atoms with Gasteiger partial charge in [0.05, 0.1) is 6.54 Å². The Balaban J connectivity index is 2.22. The molecular weight excluding hydrogens is 316 g/mol. The molecule has 1 unspecified atom stereocenters. The quantitative estimate of drug-likeness (QED) is 0.744. The van der Waals surface area contributed by atoms with Crippen LogP contribution in [-0.2, 0) is 4.79 Å². The number of halogens is 1. The molecule has 1 atom stereocenters. The van der Waals surface area contributed by atoms with Crippen molar-refractivity contribution in [1.82, 2.24) is 5.32 Å².